The van der Waals surface area contributed by atoms with Gasteiger partial charge in [-0.15, -0.1) is 0 Å². The molecule has 2 aliphatic rings. The van der Waals surface area contributed by atoms with Gasteiger partial charge in [-0.3, -0.25) is 4.79 Å². The second kappa shape index (κ2) is 11.9. The molecule has 2 saturated heterocycles. The van der Waals surface area contributed by atoms with Gasteiger partial charge in [0.15, 0.2) is 0 Å². The Bertz CT molecular complexity index is 1460. The number of carbonyl (C=O) groups is 1. The van der Waals surface area contributed by atoms with Crippen molar-refractivity contribution in [1.82, 2.24) is 9.88 Å². The van der Waals surface area contributed by atoms with Crippen LogP contribution in [0.4, 0.5) is 5.69 Å². The zero-order chi connectivity index (χ0) is 27.5. The van der Waals surface area contributed by atoms with Gasteiger partial charge in [-0.2, -0.15) is 0 Å². The van der Waals surface area contributed by atoms with Crippen LogP contribution in [0.15, 0.2) is 65.2 Å². The summed E-state index contributed by atoms with van der Waals surface area (Å²) < 4.78 is 14.0. The maximum absolute atomic E-state index is 13.6. The summed E-state index contributed by atoms with van der Waals surface area (Å²) in [6, 6.07) is 18.8. The highest BCUT2D eigenvalue weighted by atomic mass is 16.5. The summed E-state index contributed by atoms with van der Waals surface area (Å²) >= 11 is 0. The molecule has 40 heavy (non-hydrogen) atoms. The maximum atomic E-state index is 13.6. The molecule has 2 aromatic heterocycles. The van der Waals surface area contributed by atoms with Gasteiger partial charge in [0.1, 0.15) is 17.6 Å². The molecule has 6 nitrogen and oxygen atoms in total. The number of fused-ring (bicyclic) bond motifs is 1. The summed E-state index contributed by atoms with van der Waals surface area (Å²) in [4.78, 5) is 16.0. The first-order chi connectivity index (χ1) is 19.5. The van der Waals surface area contributed by atoms with Gasteiger partial charge in [0.05, 0.1) is 6.42 Å². The lowest BCUT2D eigenvalue weighted by atomic mass is 9.97. The Morgan fingerprint density at radius 3 is 2.58 bits per heavy atom. The number of benzene rings is 2. The van der Waals surface area contributed by atoms with Crippen LogP contribution in [0.3, 0.4) is 0 Å². The number of hydrogen-bond acceptors (Lipinski definition) is 4. The normalized spacial score (nSPS) is 17.3. The first-order valence-electron chi connectivity index (χ1n) is 14.9. The Hall–Kier alpha value is -3.51. The van der Waals surface area contributed by atoms with E-state index >= 15 is 0 Å². The molecule has 0 bridgehead atoms. The lowest BCUT2D eigenvalue weighted by molar-refractivity contribution is -0.121. The first-order valence-corrected chi connectivity index (χ1v) is 14.9. The van der Waals surface area contributed by atoms with E-state index in [0.29, 0.717) is 12.3 Å². The van der Waals surface area contributed by atoms with Crippen LogP contribution in [0.1, 0.15) is 66.4 Å². The minimum absolute atomic E-state index is 0.00906. The third-order valence-electron chi connectivity index (χ3n) is 8.54. The van der Waals surface area contributed by atoms with Gasteiger partial charge in [-0.25, -0.2) is 0 Å². The van der Waals surface area contributed by atoms with Crippen molar-refractivity contribution in [3.63, 3.8) is 0 Å². The molecule has 0 aliphatic carbocycles. The number of amides is 1. The van der Waals surface area contributed by atoms with Crippen LogP contribution in [-0.2, 0) is 22.5 Å². The van der Waals surface area contributed by atoms with Gasteiger partial charge in [-0.1, -0.05) is 18.2 Å². The largest absolute Gasteiger partial charge is 0.464 e. The molecule has 6 heteroatoms. The smallest absolute Gasteiger partial charge is 0.225 e. The van der Waals surface area contributed by atoms with Gasteiger partial charge >= 0.3 is 0 Å². The monoisotopic (exact) mass is 539 g/mol. The number of rotatable bonds is 8. The fraction of sp³-hybridized carbons (Fsp3) is 0.441. The molecule has 4 aromatic rings. The van der Waals surface area contributed by atoms with E-state index in [1.54, 1.807) is 0 Å². The van der Waals surface area contributed by atoms with Crippen LogP contribution >= 0.6 is 0 Å². The summed E-state index contributed by atoms with van der Waals surface area (Å²) in [5, 5.41) is 4.52. The highest BCUT2D eigenvalue weighted by molar-refractivity contribution is 5.84. The second-order valence-electron chi connectivity index (χ2n) is 11.7. The average molecular weight is 540 g/mol. The van der Waals surface area contributed by atoms with Crippen LogP contribution in [0.25, 0.3) is 10.9 Å². The lowest BCUT2D eigenvalue weighted by Gasteiger charge is -2.32. The molecule has 0 radical (unpaired) electrons. The minimum atomic E-state index is -0.344. The third-order valence-corrected chi connectivity index (χ3v) is 8.54. The fourth-order valence-corrected chi connectivity index (χ4v) is 6.34. The second-order valence-corrected chi connectivity index (χ2v) is 11.7. The van der Waals surface area contributed by atoms with E-state index in [1.807, 2.05) is 19.1 Å². The molecular formula is C34H41N3O3. The van der Waals surface area contributed by atoms with Crippen molar-refractivity contribution in [2.45, 2.75) is 65.0 Å². The Labute approximate surface area is 237 Å². The summed E-state index contributed by atoms with van der Waals surface area (Å²) in [7, 11) is 0. The Morgan fingerprint density at radius 2 is 1.80 bits per heavy atom. The number of anilines is 1. The van der Waals surface area contributed by atoms with E-state index in [0.717, 1.165) is 68.3 Å². The van der Waals surface area contributed by atoms with Crippen molar-refractivity contribution in [3.05, 3.63) is 89.0 Å². The van der Waals surface area contributed by atoms with Crippen molar-refractivity contribution >= 4 is 22.5 Å². The molecule has 2 fully saturated rings. The molecule has 6 rings (SSSR count). The topological polar surface area (TPSA) is 59.6 Å². The molecule has 2 aromatic carbocycles. The van der Waals surface area contributed by atoms with Crippen LogP contribution in [-0.4, -0.2) is 36.8 Å². The zero-order valence-electron chi connectivity index (χ0n) is 23.8. The van der Waals surface area contributed by atoms with E-state index in [9.17, 15) is 4.79 Å². The van der Waals surface area contributed by atoms with Crippen molar-refractivity contribution in [2.24, 2.45) is 5.92 Å². The highest BCUT2D eigenvalue weighted by Crippen LogP contribution is 2.34. The molecular weight excluding hydrogens is 498 g/mol. The molecule has 2 aliphatic heterocycles. The first kappa shape index (κ1) is 26.7. The number of nitrogens with one attached hydrogen (secondary N) is 1. The SMILES string of the molecule is Cc1ccc(C(NC(=O)Cc2ccc3c(ccn3CC3CCOCC3)c2)c2ccc(C)o2)c(N2CCCCC2)c1. The van der Waals surface area contributed by atoms with E-state index in [4.69, 9.17) is 9.15 Å². The van der Waals surface area contributed by atoms with Crippen molar-refractivity contribution in [1.29, 1.82) is 0 Å². The number of carbonyl (C=O) groups excluding carboxylic acids is 1. The van der Waals surface area contributed by atoms with Gasteiger partial charge in [0.25, 0.3) is 0 Å². The third kappa shape index (κ3) is 5.97. The van der Waals surface area contributed by atoms with Gasteiger partial charge in [0, 0.05) is 55.8 Å². The summed E-state index contributed by atoms with van der Waals surface area (Å²) in [6.45, 7) is 8.92. The summed E-state index contributed by atoms with van der Waals surface area (Å²) in [5.41, 5.74) is 5.76. The number of nitrogens with zero attached hydrogens (tertiary/aromatic N) is 2. The van der Waals surface area contributed by atoms with E-state index < -0.39 is 0 Å². The predicted molar refractivity (Wildman–Crippen MR) is 160 cm³/mol. The van der Waals surface area contributed by atoms with Crippen molar-refractivity contribution in [2.75, 3.05) is 31.2 Å². The quantitative estimate of drug-likeness (QED) is 0.270. The number of furan rings is 1. The van der Waals surface area contributed by atoms with E-state index in [2.05, 4.69) is 70.4 Å². The number of aromatic nitrogens is 1. The van der Waals surface area contributed by atoms with Gasteiger partial charge in [0.2, 0.25) is 5.91 Å². The van der Waals surface area contributed by atoms with Crippen LogP contribution in [0, 0.1) is 19.8 Å². The molecule has 1 amide bonds. The summed E-state index contributed by atoms with van der Waals surface area (Å²) in [5.74, 6) is 2.27. The Balaban J connectivity index is 1.22. The van der Waals surface area contributed by atoms with E-state index in [-0.39, 0.29) is 11.9 Å². The van der Waals surface area contributed by atoms with Crippen LogP contribution < -0.4 is 10.2 Å². The van der Waals surface area contributed by atoms with Crippen LogP contribution in [0.5, 0.6) is 0 Å². The van der Waals surface area contributed by atoms with Gasteiger partial charge < -0.3 is 23.9 Å². The standard InChI is InChI=1S/C34H41N3O3/c1-24-6-9-29(31(20-24)36-15-4-3-5-16-36)34(32-11-7-25(2)40-32)35-33(38)22-27-8-10-30-28(21-27)12-17-37(30)23-26-13-18-39-19-14-26/h6-12,17,20-21,26,34H,3-5,13-16,18-19,22-23H2,1-2H3,(H,35,38). The fourth-order valence-electron chi connectivity index (χ4n) is 6.34. The molecule has 4 heterocycles. The number of ether oxygens (including phenoxy) is 1. The molecule has 210 valence electrons. The van der Waals surface area contributed by atoms with E-state index in [1.165, 1.54) is 41.4 Å². The number of aryl methyl sites for hydroxylation is 2. The molecule has 0 spiro atoms. The zero-order valence-corrected chi connectivity index (χ0v) is 23.8. The number of hydrogen-bond donors (Lipinski definition) is 1. The molecule has 1 unspecified atom stereocenters. The Kier molecular flexibility index (Phi) is 7.96. The predicted octanol–water partition coefficient (Wildman–Crippen LogP) is 6.72. The Morgan fingerprint density at radius 1 is 0.975 bits per heavy atom. The number of piperidine rings is 1. The summed E-state index contributed by atoms with van der Waals surface area (Å²) in [6.07, 6.45) is 8.41. The van der Waals surface area contributed by atoms with Crippen LogP contribution in [0.2, 0.25) is 0 Å². The van der Waals surface area contributed by atoms with Crippen molar-refractivity contribution < 1.29 is 13.9 Å². The highest BCUT2D eigenvalue weighted by Gasteiger charge is 2.26. The van der Waals surface area contributed by atoms with Gasteiger partial charge in [-0.05, 0) is 105 Å². The maximum Gasteiger partial charge on any atom is 0.225 e. The lowest BCUT2D eigenvalue weighted by Crippen LogP contribution is -2.34. The molecule has 0 saturated carbocycles. The molecule has 1 atom stereocenters. The average Bonchev–Trinajstić information content (AvgIpc) is 3.58. The molecule has 1 N–H and O–H groups in total. The minimum Gasteiger partial charge on any atom is -0.464 e. The van der Waals surface area contributed by atoms with Crippen molar-refractivity contribution in [3.8, 4) is 0 Å².